The normalized spacial score (nSPS) is 17.1. The third kappa shape index (κ3) is 2.80. The first-order valence-corrected chi connectivity index (χ1v) is 5.80. The summed E-state index contributed by atoms with van der Waals surface area (Å²) in [5, 5.41) is 8.84. The number of fused-ring (bicyclic) bond motifs is 1. The van der Waals surface area contributed by atoms with Crippen LogP contribution >= 0.6 is 0 Å². The lowest BCUT2D eigenvalue weighted by atomic mass is 10.0. The highest BCUT2D eigenvalue weighted by molar-refractivity contribution is 5.27. The van der Waals surface area contributed by atoms with Gasteiger partial charge in [-0.05, 0) is 36.9 Å². The van der Waals surface area contributed by atoms with Crippen molar-refractivity contribution in [3.63, 3.8) is 0 Å². The lowest BCUT2D eigenvalue weighted by molar-refractivity contribution is 0.220. The Morgan fingerprint density at radius 3 is 2.80 bits per heavy atom. The summed E-state index contributed by atoms with van der Waals surface area (Å²) in [7, 11) is 0. The van der Waals surface area contributed by atoms with E-state index in [1.54, 1.807) is 0 Å². The van der Waals surface area contributed by atoms with E-state index in [1.807, 2.05) is 0 Å². The Morgan fingerprint density at radius 1 is 1.20 bits per heavy atom. The van der Waals surface area contributed by atoms with Crippen molar-refractivity contribution in [2.24, 2.45) is 0 Å². The topological polar surface area (TPSA) is 23.5 Å². The molecule has 1 aliphatic heterocycles. The minimum atomic E-state index is 0.304. The van der Waals surface area contributed by atoms with Crippen LogP contribution in [-0.2, 0) is 13.0 Å². The van der Waals surface area contributed by atoms with Crippen molar-refractivity contribution in [3.8, 4) is 0 Å². The lowest BCUT2D eigenvalue weighted by Crippen LogP contribution is -2.25. The van der Waals surface area contributed by atoms with Crippen LogP contribution in [0.3, 0.4) is 0 Å². The molecule has 0 saturated carbocycles. The van der Waals surface area contributed by atoms with Crippen LogP contribution < -0.4 is 0 Å². The summed E-state index contributed by atoms with van der Waals surface area (Å²) in [4.78, 5) is 2.45. The van der Waals surface area contributed by atoms with E-state index in [2.05, 4.69) is 29.2 Å². The third-order valence-corrected chi connectivity index (χ3v) is 3.07. The fourth-order valence-electron chi connectivity index (χ4n) is 2.25. The fraction of sp³-hybridized carbons (Fsp3) is 0.538. The van der Waals surface area contributed by atoms with Crippen molar-refractivity contribution >= 4 is 0 Å². The van der Waals surface area contributed by atoms with Crippen LogP contribution in [0.5, 0.6) is 0 Å². The molecule has 1 heterocycles. The number of hydrogen-bond acceptors (Lipinski definition) is 2. The Hall–Kier alpha value is -0.860. The summed E-state index contributed by atoms with van der Waals surface area (Å²) >= 11 is 0. The standard InChI is InChI=1S/C13H19NO/c15-10-4-9-14-8-3-7-12-5-1-2-6-13(12)11-14/h1-2,5-6,15H,3-4,7-11H2. The average molecular weight is 205 g/mol. The SMILES string of the molecule is OCCCN1CCCc2ccccc2C1. The third-order valence-electron chi connectivity index (χ3n) is 3.07. The molecule has 0 bridgehead atoms. The van der Waals surface area contributed by atoms with Gasteiger partial charge >= 0.3 is 0 Å². The van der Waals surface area contributed by atoms with E-state index in [4.69, 9.17) is 5.11 Å². The van der Waals surface area contributed by atoms with Crippen LogP contribution in [-0.4, -0.2) is 29.7 Å². The highest BCUT2D eigenvalue weighted by Crippen LogP contribution is 2.18. The monoisotopic (exact) mass is 205 g/mol. The highest BCUT2D eigenvalue weighted by atomic mass is 16.3. The zero-order valence-electron chi connectivity index (χ0n) is 9.15. The zero-order valence-corrected chi connectivity index (χ0v) is 9.15. The molecule has 2 rings (SSSR count). The van der Waals surface area contributed by atoms with Crippen LogP contribution in [0.15, 0.2) is 24.3 Å². The number of aryl methyl sites for hydroxylation is 1. The van der Waals surface area contributed by atoms with E-state index < -0.39 is 0 Å². The number of hydrogen-bond donors (Lipinski definition) is 1. The van der Waals surface area contributed by atoms with Gasteiger partial charge in [0.1, 0.15) is 0 Å². The first-order valence-electron chi connectivity index (χ1n) is 5.80. The molecule has 1 aromatic carbocycles. The van der Waals surface area contributed by atoms with Crippen molar-refractivity contribution in [1.29, 1.82) is 0 Å². The summed E-state index contributed by atoms with van der Waals surface area (Å²) in [5.74, 6) is 0. The first kappa shape index (κ1) is 10.7. The molecular formula is C13H19NO. The van der Waals surface area contributed by atoms with Crippen molar-refractivity contribution in [1.82, 2.24) is 4.90 Å². The number of aliphatic hydroxyl groups excluding tert-OH is 1. The van der Waals surface area contributed by atoms with Crippen LogP contribution in [0, 0.1) is 0 Å². The van der Waals surface area contributed by atoms with Gasteiger partial charge in [-0.15, -0.1) is 0 Å². The van der Waals surface area contributed by atoms with Crippen molar-refractivity contribution < 1.29 is 5.11 Å². The summed E-state index contributed by atoms with van der Waals surface area (Å²) in [6.45, 7) is 3.54. The van der Waals surface area contributed by atoms with Crippen LogP contribution in [0.25, 0.3) is 0 Å². The molecule has 0 aromatic heterocycles. The lowest BCUT2D eigenvalue weighted by Gasteiger charge is -2.19. The van der Waals surface area contributed by atoms with E-state index >= 15 is 0 Å². The van der Waals surface area contributed by atoms with Crippen LogP contribution in [0.1, 0.15) is 24.0 Å². The smallest absolute Gasteiger partial charge is 0.0443 e. The second-order valence-corrected chi connectivity index (χ2v) is 4.23. The summed E-state index contributed by atoms with van der Waals surface area (Å²) < 4.78 is 0. The molecule has 0 spiro atoms. The maximum atomic E-state index is 8.84. The van der Waals surface area contributed by atoms with Gasteiger partial charge < -0.3 is 5.11 Å². The Balaban J connectivity index is 2.04. The Bertz CT molecular complexity index is 309. The molecule has 0 saturated heterocycles. The predicted octanol–water partition coefficient (Wildman–Crippen LogP) is 1.82. The first-order chi connectivity index (χ1) is 7.40. The van der Waals surface area contributed by atoms with Crippen LogP contribution in [0.2, 0.25) is 0 Å². The zero-order chi connectivity index (χ0) is 10.5. The Morgan fingerprint density at radius 2 is 2.00 bits per heavy atom. The van der Waals surface area contributed by atoms with Gasteiger partial charge in [-0.25, -0.2) is 0 Å². The molecule has 0 unspecified atom stereocenters. The number of nitrogens with zero attached hydrogens (tertiary/aromatic N) is 1. The summed E-state index contributed by atoms with van der Waals surface area (Å²) in [5.41, 5.74) is 2.97. The van der Waals surface area contributed by atoms with Crippen LogP contribution in [0.4, 0.5) is 0 Å². The van der Waals surface area contributed by atoms with E-state index in [9.17, 15) is 0 Å². The van der Waals surface area contributed by atoms with Crippen molar-refractivity contribution in [3.05, 3.63) is 35.4 Å². The molecule has 2 nitrogen and oxygen atoms in total. The maximum Gasteiger partial charge on any atom is 0.0443 e. The van der Waals surface area contributed by atoms with E-state index in [0.717, 1.165) is 26.1 Å². The summed E-state index contributed by atoms with van der Waals surface area (Å²) in [6, 6.07) is 8.72. The maximum absolute atomic E-state index is 8.84. The summed E-state index contributed by atoms with van der Waals surface area (Å²) in [6.07, 6.45) is 3.33. The molecule has 1 aliphatic rings. The van der Waals surface area contributed by atoms with Gasteiger partial charge in [-0.1, -0.05) is 24.3 Å². The molecule has 0 aliphatic carbocycles. The van der Waals surface area contributed by atoms with Crippen molar-refractivity contribution in [2.45, 2.75) is 25.8 Å². The van der Waals surface area contributed by atoms with Gasteiger partial charge in [-0.2, -0.15) is 0 Å². The largest absolute Gasteiger partial charge is 0.396 e. The quantitative estimate of drug-likeness (QED) is 0.813. The Labute approximate surface area is 91.5 Å². The number of rotatable bonds is 3. The molecule has 0 atom stereocenters. The average Bonchev–Trinajstić information content (AvgIpc) is 2.47. The van der Waals surface area contributed by atoms with Gasteiger partial charge in [0.15, 0.2) is 0 Å². The Kier molecular flexibility index (Phi) is 3.75. The van der Waals surface area contributed by atoms with Gasteiger partial charge in [0.2, 0.25) is 0 Å². The molecule has 0 radical (unpaired) electrons. The minimum Gasteiger partial charge on any atom is -0.396 e. The van der Waals surface area contributed by atoms with E-state index in [1.165, 1.54) is 24.0 Å². The molecular weight excluding hydrogens is 186 g/mol. The van der Waals surface area contributed by atoms with Gasteiger partial charge in [0.05, 0.1) is 0 Å². The predicted molar refractivity (Wildman–Crippen MR) is 61.7 cm³/mol. The molecule has 0 amide bonds. The van der Waals surface area contributed by atoms with Gasteiger partial charge in [-0.3, -0.25) is 4.90 Å². The second-order valence-electron chi connectivity index (χ2n) is 4.23. The highest BCUT2D eigenvalue weighted by Gasteiger charge is 2.12. The van der Waals surface area contributed by atoms with Gasteiger partial charge in [0.25, 0.3) is 0 Å². The molecule has 0 fully saturated rings. The molecule has 1 N–H and O–H groups in total. The minimum absolute atomic E-state index is 0.304. The second kappa shape index (κ2) is 5.29. The van der Waals surface area contributed by atoms with Gasteiger partial charge in [0, 0.05) is 19.7 Å². The number of aliphatic hydroxyl groups is 1. The van der Waals surface area contributed by atoms with E-state index in [0.29, 0.717) is 6.61 Å². The molecule has 15 heavy (non-hydrogen) atoms. The van der Waals surface area contributed by atoms with E-state index in [-0.39, 0.29) is 0 Å². The fourth-order valence-corrected chi connectivity index (χ4v) is 2.25. The molecule has 82 valence electrons. The molecule has 1 aromatic rings. The number of benzene rings is 1. The molecule has 2 heteroatoms. The van der Waals surface area contributed by atoms with Crippen molar-refractivity contribution in [2.75, 3.05) is 19.7 Å².